The van der Waals surface area contributed by atoms with Gasteiger partial charge in [0.15, 0.2) is 0 Å². The molecule has 1 aliphatic carbocycles. The number of hydrogen-bond donors (Lipinski definition) is 2. The molecule has 0 amide bonds. The highest BCUT2D eigenvalue weighted by molar-refractivity contribution is 4.97. The van der Waals surface area contributed by atoms with E-state index in [9.17, 15) is 0 Å². The number of aliphatic hydroxyl groups is 1. The summed E-state index contributed by atoms with van der Waals surface area (Å²) in [5.41, 5.74) is 0. The maximum absolute atomic E-state index is 8.92. The van der Waals surface area contributed by atoms with Crippen molar-refractivity contribution in [3.63, 3.8) is 0 Å². The van der Waals surface area contributed by atoms with Gasteiger partial charge in [0.2, 0.25) is 0 Å². The van der Waals surface area contributed by atoms with Gasteiger partial charge in [-0.3, -0.25) is 0 Å². The smallest absolute Gasteiger partial charge is 0.0474 e. The van der Waals surface area contributed by atoms with Crippen LogP contribution in [-0.4, -0.2) is 48.8 Å². The van der Waals surface area contributed by atoms with Gasteiger partial charge in [0.1, 0.15) is 0 Å². The molecule has 2 aliphatic rings. The highest BCUT2D eigenvalue weighted by atomic mass is 16.3. The maximum atomic E-state index is 8.92. The van der Waals surface area contributed by atoms with E-state index in [1.54, 1.807) is 0 Å². The molecule has 1 saturated heterocycles. The predicted octanol–water partition coefficient (Wildman–Crippen LogP) is -0.0931. The number of nitrogens with one attached hydrogen (secondary N) is 1. The first-order chi connectivity index (χ1) is 6.20. The van der Waals surface area contributed by atoms with Gasteiger partial charge in [-0.1, -0.05) is 6.92 Å². The van der Waals surface area contributed by atoms with Crippen LogP contribution >= 0.6 is 0 Å². The molecule has 2 rings (SSSR count). The Kier molecular flexibility index (Phi) is 2.58. The van der Waals surface area contributed by atoms with E-state index in [0.717, 1.165) is 12.5 Å². The van der Waals surface area contributed by atoms with E-state index in [2.05, 4.69) is 24.2 Å². The zero-order valence-corrected chi connectivity index (χ0v) is 8.53. The van der Waals surface area contributed by atoms with Crippen LogP contribution in [-0.2, 0) is 0 Å². The fourth-order valence-corrected chi connectivity index (χ4v) is 2.35. The second-order valence-electron chi connectivity index (χ2n) is 4.76. The minimum absolute atomic E-state index is 0.356. The summed E-state index contributed by atoms with van der Waals surface area (Å²) in [7, 11) is 2.18. The number of likely N-dealkylation sites (N-methyl/N-ethyl adjacent to an activating group) is 1. The lowest BCUT2D eigenvalue weighted by molar-refractivity contribution is 0.267. The first-order valence-electron chi connectivity index (χ1n) is 5.26. The molecule has 2 N–H and O–H groups in total. The summed E-state index contributed by atoms with van der Waals surface area (Å²) in [4.78, 5) is 2.37. The van der Waals surface area contributed by atoms with Gasteiger partial charge >= 0.3 is 0 Å². The molecule has 1 saturated carbocycles. The Labute approximate surface area is 80.1 Å². The molecule has 0 aromatic carbocycles. The maximum Gasteiger partial charge on any atom is 0.0474 e. The minimum Gasteiger partial charge on any atom is -0.396 e. The number of aliphatic hydroxyl groups excluding tert-OH is 1. The summed E-state index contributed by atoms with van der Waals surface area (Å²) in [5, 5.41) is 12.6. The SMILES string of the molecule is CC1CN(C)CC1N[C@@H]1C[C@H]1CO. The van der Waals surface area contributed by atoms with Gasteiger partial charge < -0.3 is 15.3 Å². The molecule has 1 heterocycles. The molecule has 4 atom stereocenters. The fraction of sp³-hybridized carbons (Fsp3) is 1.00. The van der Waals surface area contributed by atoms with Crippen LogP contribution in [0.15, 0.2) is 0 Å². The van der Waals surface area contributed by atoms with E-state index in [1.165, 1.54) is 13.0 Å². The predicted molar refractivity (Wildman–Crippen MR) is 52.6 cm³/mol. The first kappa shape index (κ1) is 9.44. The topological polar surface area (TPSA) is 35.5 Å². The normalized spacial score (nSPS) is 45.5. The van der Waals surface area contributed by atoms with Crippen LogP contribution in [0.4, 0.5) is 0 Å². The highest BCUT2D eigenvalue weighted by Gasteiger charge is 2.40. The average Bonchev–Trinajstić information content (AvgIpc) is 2.74. The van der Waals surface area contributed by atoms with Crippen molar-refractivity contribution >= 4 is 0 Å². The molecule has 0 aromatic rings. The molecule has 0 radical (unpaired) electrons. The van der Waals surface area contributed by atoms with Crippen LogP contribution in [0.1, 0.15) is 13.3 Å². The third kappa shape index (κ3) is 2.03. The van der Waals surface area contributed by atoms with Crippen LogP contribution in [0, 0.1) is 11.8 Å². The van der Waals surface area contributed by atoms with E-state index < -0.39 is 0 Å². The number of hydrogen-bond acceptors (Lipinski definition) is 3. The van der Waals surface area contributed by atoms with E-state index in [4.69, 9.17) is 5.11 Å². The van der Waals surface area contributed by atoms with Gasteiger partial charge in [-0.2, -0.15) is 0 Å². The number of nitrogens with zero attached hydrogens (tertiary/aromatic N) is 1. The first-order valence-corrected chi connectivity index (χ1v) is 5.26. The molecule has 13 heavy (non-hydrogen) atoms. The van der Waals surface area contributed by atoms with Gasteiger partial charge in [0, 0.05) is 31.8 Å². The molecule has 1 aliphatic heterocycles. The van der Waals surface area contributed by atoms with E-state index in [1.807, 2.05) is 0 Å². The van der Waals surface area contributed by atoms with E-state index in [-0.39, 0.29) is 0 Å². The molecule has 76 valence electrons. The van der Waals surface area contributed by atoms with Crippen molar-refractivity contribution in [2.45, 2.75) is 25.4 Å². The van der Waals surface area contributed by atoms with E-state index >= 15 is 0 Å². The molecule has 0 spiro atoms. The Bertz CT molecular complexity index is 186. The van der Waals surface area contributed by atoms with Crippen LogP contribution in [0.25, 0.3) is 0 Å². The summed E-state index contributed by atoms with van der Waals surface area (Å²) >= 11 is 0. The monoisotopic (exact) mass is 184 g/mol. The Morgan fingerprint density at radius 1 is 1.38 bits per heavy atom. The minimum atomic E-state index is 0.356. The van der Waals surface area contributed by atoms with Crippen LogP contribution in [0.3, 0.4) is 0 Å². The van der Waals surface area contributed by atoms with Gasteiger partial charge in [0.05, 0.1) is 0 Å². The van der Waals surface area contributed by atoms with Crippen LogP contribution in [0.2, 0.25) is 0 Å². The Morgan fingerprint density at radius 2 is 2.15 bits per heavy atom. The lowest BCUT2D eigenvalue weighted by Gasteiger charge is -2.16. The second-order valence-corrected chi connectivity index (χ2v) is 4.76. The van der Waals surface area contributed by atoms with Crippen molar-refractivity contribution in [3.8, 4) is 0 Å². The highest BCUT2D eigenvalue weighted by Crippen LogP contribution is 2.31. The Balaban J connectivity index is 1.76. The zero-order chi connectivity index (χ0) is 9.42. The summed E-state index contributed by atoms with van der Waals surface area (Å²) in [6, 6.07) is 1.25. The lowest BCUT2D eigenvalue weighted by Crippen LogP contribution is -2.37. The van der Waals surface area contributed by atoms with Crippen molar-refractivity contribution in [2.75, 3.05) is 26.7 Å². The Morgan fingerprint density at radius 3 is 2.62 bits per heavy atom. The van der Waals surface area contributed by atoms with Crippen molar-refractivity contribution in [1.82, 2.24) is 10.2 Å². The summed E-state index contributed by atoms with van der Waals surface area (Å²) in [5.74, 6) is 1.29. The van der Waals surface area contributed by atoms with E-state index in [0.29, 0.717) is 24.6 Å². The molecule has 2 fully saturated rings. The number of likely N-dealkylation sites (tertiary alicyclic amines) is 1. The lowest BCUT2D eigenvalue weighted by atomic mass is 10.1. The summed E-state index contributed by atoms with van der Waals surface area (Å²) < 4.78 is 0. The largest absolute Gasteiger partial charge is 0.396 e. The third-order valence-corrected chi connectivity index (χ3v) is 3.38. The van der Waals surface area contributed by atoms with Gasteiger partial charge in [0.25, 0.3) is 0 Å². The van der Waals surface area contributed by atoms with Crippen molar-refractivity contribution in [1.29, 1.82) is 0 Å². The summed E-state index contributed by atoms with van der Waals surface area (Å²) in [6.45, 7) is 5.02. The van der Waals surface area contributed by atoms with Crippen molar-refractivity contribution < 1.29 is 5.11 Å². The quantitative estimate of drug-likeness (QED) is 0.643. The Hall–Kier alpha value is -0.120. The van der Waals surface area contributed by atoms with Crippen LogP contribution in [0.5, 0.6) is 0 Å². The van der Waals surface area contributed by atoms with Gasteiger partial charge in [-0.05, 0) is 25.3 Å². The van der Waals surface area contributed by atoms with Gasteiger partial charge in [-0.25, -0.2) is 0 Å². The second kappa shape index (κ2) is 3.56. The third-order valence-electron chi connectivity index (χ3n) is 3.38. The van der Waals surface area contributed by atoms with Gasteiger partial charge in [-0.15, -0.1) is 0 Å². The molecule has 0 aromatic heterocycles. The molecule has 0 bridgehead atoms. The van der Waals surface area contributed by atoms with Crippen molar-refractivity contribution in [2.24, 2.45) is 11.8 Å². The summed E-state index contributed by atoms with van der Waals surface area (Å²) in [6.07, 6.45) is 1.17. The molecule has 3 heteroatoms. The van der Waals surface area contributed by atoms with Crippen molar-refractivity contribution in [3.05, 3.63) is 0 Å². The number of rotatable bonds is 3. The molecule has 2 unspecified atom stereocenters. The zero-order valence-electron chi connectivity index (χ0n) is 8.53. The average molecular weight is 184 g/mol. The fourth-order valence-electron chi connectivity index (χ4n) is 2.35. The standard InChI is InChI=1S/C10H20N2O/c1-7-4-12(2)5-10(7)11-9-3-8(9)6-13/h7-11,13H,3-6H2,1-2H3/t7?,8-,9+,10?/m0/s1. The molecular weight excluding hydrogens is 164 g/mol. The van der Waals surface area contributed by atoms with Crippen LogP contribution < -0.4 is 5.32 Å². The molecule has 3 nitrogen and oxygen atoms in total. The molecular formula is C10H20N2O.